The summed E-state index contributed by atoms with van der Waals surface area (Å²) >= 11 is 0. The van der Waals surface area contributed by atoms with Crippen LogP contribution in [0.15, 0.2) is 48.7 Å². The lowest BCUT2D eigenvalue weighted by molar-refractivity contribution is 0.0994. The highest BCUT2D eigenvalue weighted by Crippen LogP contribution is 2.47. The van der Waals surface area contributed by atoms with E-state index in [4.69, 9.17) is 14.7 Å². The van der Waals surface area contributed by atoms with Gasteiger partial charge in [-0.1, -0.05) is 83.4 Å². The maximum atomic E-state index is 13.2. The van der Waals surface area contributed by atoms with Gasteiger partial charge in [0.15, 0.2) is 5.82 Å². The summed E-state index contributed by atoms with van der Waals surface area (Å²) in [5.41, 5.74) is 4.56. The number of carbonyl (C=O) groups excluding carboxylic acids is 1. The topological polar surface area (TPSA) is 83.7 Å². The van der Waals surface area contributed by atoms with E-state index in [2.05, 4.69) is 42.3 Å². The third kappa shape index (κ3) is 6.73. The first-order chi connectivity index (χ1) is 22.4. The molecule has 3 aromatic rings. The first kappa shape index (κ1) is 32.3. The molecule has 0 bridgehead atoms. The molecule has 8 heteroatoms. The number of nitrogens with one attached hydrogen (secondary N) is 1. The van der Waals surface area contributed by atoms with E-state index in [1.807, 2.05) is 36.2 Å². The molecule has 4 heterocycles. The molecule has 6 rings (SSSR count). The summed E-state index contributed by atoms with van der Waals surface area (Å²) in [6.07, 6.45) is 15.4. The number of aromatic nitrogens is 2. The molecule has 0 radical (unpaired) electrons. The van der Waals surface area contributed by atoms with Crippen molar-refractivity contribution in [2.24, 2.45) is 11.8 Å². The van der Waals surface area contributed by atoms with Crippen molar-refractivity contribution in [1.82, 2.24) is 15.3 Å². The highest BCUT2D eigenvalue weighted by Gasteiger charge is 2.43. The monoisotopic (exact) mass is 624 g/mol. The Morgan fingerprint density at radius 1 is 0.935 bits per heavy atom. The quantitative estimate of drug-likeness (QED) is 0.152. The Morgan fingerprint density at radius 2 is 1.70 bits per heavy atom. The van der Waals surface area contributed by atoms with Crippen LogP contribution >= 0.6 is 0 Å². The molecule has 46 heavy (non-hydrogen) atoms. The number of benzene rings is 2. The lowest BCUT2D eigenvalue weighted by atomic mass is 9.88. The van der Waals surface area contributed by atoms with Crippen molar-refractivity contribution in [3.63, 3.8) is 0 Å². The van der Waals surface area contributed by atoms with E-state index in [9.17, 15) is 4.79 Å². The molecule has 3 aliphatic heterocycles. The minimum absolute atomic E-state index is 0.0204. The van der Waals surface area contributed by atoms with Crippen molar-refractivity contribution in [2.45, 2.75) is 90.1 Å². The largest absolute Gasteiger partial charge is 0.496 e. The second-order valence-corrected chi connectivity index (χ2v) is 13.6. The number of amides is 1. The third-order valence-electron chi connectivity index (χ3n) is 10.5. The number of ether oxygens (including phenoxy) is 1. The van der Waals surface area contributed by atoms with Crippen LogP contribution in [-0.2, 0) is 0 Å². The number of piperidine rings is 1. The van der Waals surface area contributed by atoms with Crippen molar-refractivity contribution in [3.05, 3.63) is 65.6 Å². The van der Waals surface area contributed by atoms with Gasteiger partial charge in [0.1, 0.15) is 17.3 Å². The van der Waals surface area contributed by atoms with Gasteiger partial charge in [-0.25, -0.2) is 9.97 Å². The fourth-order valence-electron chi connectivity index (χ4n) is 7.74. The number of unbranched alkanes of at least 4 members (excludes halogenated alkanes) is 1. The summed E-state index contributed by atoms with van der Waals surface area (Å²) in [7, 11) is 5.50. The van der Waals surface area contributed by atoms with E-state index in [-0.39, 0.29) is 18.0 Å². The molecule has 2 unspecified atom stereocenters. The van der Waals surface area contributed by atoms with Gasteiger partial charge in [-0.3, -0.25) is 10.1 Å². The summed E-state index contributed by atoms with van der Waals surface area (Å²) < 4.78 is 5.93. The van der Waals surface area contributed by atoms with Gasteiger partial charge < -0.3 is 19.4 Å². The number of hydrogen-bond acceptors (Lipinski definition) is 7. The fourth-order valence-corrected chi connectivity index (χ4v) is 7.74. The second kappa shape index (κ2) is 14.4. The van der Waals surface area contributed by atoms with E-state index in [1.165, 1.54) is 69.9 Å². The predicted molar refractivity (Wildman–Crippen MR) is 188 cm³/mol. The van der Waals surface area contributed by atoms with Crippen molar-refractivity contribution in [3.8, 4) is 5.75 Å². The minimum Gasteiger partial charge on any atom is -0.496 e. The van der Waals surface area contributed by atoms with Gasteiger partial charge in [0.05, 0.1) is 36.6 Å². The van der Waals surface area contributed by atoms with Crippen LogP contribution in [0.5, 0.6) is 5.75 Å². The maximum absolute atomic E-state index is 13.2. The molecule has 2 saturated heterocycles. The second-order valence-electron chi connectivity index (χ2n) is 13.6. The average Bonchev–Trinajstić information content (AvgIpc) is 3.90. The SMILES string of the molecule is CCCC(CCC)CCCCC1CCN(c2ccc(C3NC3c3ncc4c(n3)N(C)c3ccccc3C(=O)N4C)c(OC)c2)CC1. The predicted octanol–water partition coefficient (Wildman–Crippen LogP) is 8.22. The summed E-state index contributed by atoms with van der Waals surface area (Å²) in [5.74, 6) is 4.08. The molecular weight excluding hydrogens is 572 g/mol. The van der Waals surface area contributed by atoms with Crippen LogP contribution in [0.3, 0.4) is 0 Å². The Hall–Kier alpha value is -3.65. The summed E-state index contributed by atoms with van der Waals surface area (Å²) in [6.45, 7) is 6.88. The van der Waals surface area contributed by atoms with E-state index in [1.54, 1.807) is 25.3 Å². The molecule has 3 aliphatic rings. The number of anilines is 4. The third-order valence-corrected chi connectivity index (χ3v) is 10.5. The van der Waals surface area contributed by atoms with Crippen molar-refractivity contribution in [1.29, 1.82) is 0 Å². The smallest absolute Gasteiger partial charge is 0.260 e. The number of carbonyl (C=O) groups is 1. The van der Waals surface area contributed by atoms with Gasteiger partial charge in [0.25, 0.3) is 5.91 Å². The van der Waals surface area contributed by atoms with Crippen LogP contribution < -0.4 is 24.8 Å². The van der Waals surface area contributed by atoms with E-state index < -0.39 is 0 Å². The van der Waals surface area contributed by atoms with Crippen molar-refractivity contribution in [2.75, 3.05) is 49.0 Å². The van der Waals surface area contributed by atoms with Gasteiger partial charge in [0.2, 0.25) is 0 Å². The zero-order valence-electron chi connectivity index (χ0n) is 28.5. The minimum atomic E-state index is -0.0627. The summed E-state index contributed by atoms with van der Waals surface area (Å²) in [5, 5.41) is 3.58. The Morgan fingerprint density at radius 3 is 2.43 bits per heavy atom. The van der Waals surface area contributed by atoms with Crippen molar-refractivity contribution >= 4 is 28.8 Å². The van der Waals surface area contributed by atoms with Gasteiger partial charge in [-0.05, 0) is 42.9 Å². The Kier molecular flexibility index (Phi) is 10.1. The van der Waals surface area contributed by atoms with Crippen LogP contribution in [0, 0.1) is 11.8 Å². The zero-order valence-corrected chi connectivity index (χ0v) is 28.5. The molecule has 1 aromatic heterocycles. The molecule has 2 fully saturated rings. The molecule has 0 aliphatic carbocycles. The van der Waals surface area contributed by atoms with Crippen molar-refractivity contribution < 1.29 is 9.53 Å². The molecule has 246 valence electrons. The number of nitrogens with zero attached hydrogens (tertiary/aromatic N) is 5. The highest BCUT2D eigenvalue weighted by atomic mass is 16.5. The number of para-hydroxylation sites is 1. The van der Waals surface area contributed by atoms with Crippen LogP contribution in [0.4, 0.5) is 22.9 Å². The van der Waals surface area contributed by atoms with Gasteiger partial charge in [0, 0.05) is 44.5 Å². The number of fused-ring (bicyclic) bond motifs is 2. The molecule has 0 saturated carbocycles. The zero-order chi connectivity index (χ0) is 32.2. The van der Waals surface area contributed by atoms with E-state index in [0.717, 1.165) is 53.6 Å². The lowest BCUT2D eigenvalue weighted by Gasteiger charge is -2.34. The first-order valence-corrected chi connectivity index (χ1v) is 17.6. The van der Waals surface area contributed by atoms with E-state index >= 15 is 0 Å². The first-order valence-electron chi connectivity index (χ1n) is 17.6. The lowest BCUT2D eigenvalue weighted by Crippen LogP contribution is -2.33. The number of hydrogen-bond donors (Lipinski definition) is 1. The number of rotatable bonds is 13. The van der Waals surface area contributed by atoms with Gasteiger partial charge in [-0.15, -0.1) is 0 Å². The summed E-state index contributed by atoms with van der Waals surface area (Å²) in [4.78, 5) is 29.0. The summed E-state index contributed by atoms with van der Waals surface area (Å²) in [6, 6.07) is 14.4. The molecule has 2 atom stereocenters. The Labute approximate surface area is 275 Å². The highest BCUT2D eigenvalue weighted by molar-refractivity contribution is 6.13. The molecular formula is C38H52N6O2. The van der Waals surface area contributed by atoms with Gasteiger partial charge >= 0.3 is 0 Å². The molecule has 0 spiro atoms. The normalized spacial score (nSPS) is 19.7. The van der Waals surface area contributed by atoms with Gasteiger partial charge in [-0.2, -0.15) is 0 Å². The van der Waals surface area contributed by atoms with Crippen LogP contribution in [-0.4, -0.2) is 50.2 Å². The average molecular weight is 625 g/mol. The van der Waals surface area contributed by atoms with Crippen LogP contribution in [0.1, 0.15) is 112 Å². The molecule has 8 nitrogen and oxygen atoms in total. The Balaban J connectivity index is 1.07. The number of methoxy groups -OCH3 is 1. The molecule has 1 amide bonds. The maximum Gasteiger partial charge on any atom is 0.260 e. The molecule has 2 aromatic carbocycles. The standard InChI is InChI=1S/C38H52N6O2/c1-6-12-26(13-7-2)14-8-9-15-27-20-22-44(23-21-27)28-18-19-30(33(24-28)46-5)34-35(40-34)36-39-25-32-37(41-36)42(3)31-17-11-10-16-29(31)38(45)43(32)4/h10-11,16-19,24-27,34-35,40H,6-9,12-15,20-23H2,1-5H3. The Bertz CT molecular complexity index is 1500. The van der Waals surface area contributed by atoms with Crippen LogP contribution in [0.2, 0.25) is 0 Å². The van der Waals surface area contributed by atoms with E-state index in [0.29, 0.717) is 11.3 Å². The van der Waals surface area contributed by atoms with Crippen LogP contribution in [0.25, 0.3) is 0 Å². The fraction of sp³-hybridized carbons (Fsp3) is 0.553. The molecule has 1 N–H and O–H groups in total.